The Labute approximate surface area is 190 Å². The molecular weight excluding hydrogens is 440 g/mol. The predicted molar refractivity (Wildman–Crippen MR) is 113 cm³/mol. The predicted octanol–water partition coefficient (Wildman–Crippen LogP) is 0.250. The second kappa shape index (κ2) is 17.9. The lowest BCUT2D eigenvalue weighted by Crippen LogP contribution is -2.28. The molecule has 0 aliphatic rings. The number of carboxylic acid groups (broad SMARTS) is 1. The highest BCUT2D eigenvalue weighted by molar-refractivity contribution is 5.79. The van der Waals surface area contributed by atoms with Crippen LogP contribution in [0.15, 0.2) is 36.9 Å². The molecule has 0 atom stereocenters. The van der Waals surface area contributed by atoms with Crippen molar-refractivity contribution in [2.75, 3.05) is 26.4 Å². The van der Waals surface area contributed by atoms with Crippen molar-refractivity contribution in [3.63, 3.8) is 0 Å². The summed E-state index contributed by atoms with van der Waals surface area (Å²) in [5.74, 6) is -2.59. The molecular formula is C21H28N2O10. The summed E-state index contributed by atoms with van der Waals surface area (Å²) >= 11 is 0. The third-order valence-electron chi connectivity index (χ3n) is 3.25. The highest BCUT2D eigenvalue weighted by Crippen LogP contribution is 2.07. The lowest BCUT2D eigenvalue weighted by Gasteiger charge is -2.08. The van der Waals surface area contributed by atoms with Gasteiger partial charge in [0, 0.05) is 19.9 Å². The summed E-state index contributed by atoms with van der Waals surface area (Å²) in [6.45, 7) is 5.70. The Bertz CT molecular complexity index is 757. The number of esters is 2. The maximum Gasteiger partial charge on any atom is 0.327 e. The van der Waals surface area contributed by atoms with E-state index >= 15 is 0 Å². The SMILES string of the molecule is C=CC(=O)O.CC(=O)OCCONC(=O)Cc1cccc(CC(=O)NOCCOC(C)=O)c1. The number of aliphatic carboxylic acids is 1. The van der Waals surface area contributed by atoms with E-state index in [1.165, 1.54) is 13.8 Å². The maximum absolute atomic E-state index is 11.8. The van der Waals surface area contributed by atoms with Crippen molar-refractivity contribution in [2.24, 2.45) is 0 Å². The van der Waals surface area contributed by atoms with Crippen LogP contribution < -0.4 is 11.0 Å². The number of hydroxylamine groups is 2. The Hall–Kier alpha value is -3.77. The highest BCUT2D eigenvalue weighted by Gasteiger charge is 2.07. The molecule has 2 amide bonds. The topological polar surface area (TPSA) is 167 Å². The Kier molecular flexibility index (Phi) is 15.8. The largest absolute Gasteiger partial charge is 0.478 e. The average Bonchev–Trinajstić information content (AvgIpc) is 2.73. The highest BCUT2D eigenvalue weighted by atomic mass is 16.7. The summed E-state index contributed by atoms with van der Waals surface area (Å²) in [4.78, 5) is 63.9. The van der Waals surface area contributed by atoms with Crippen molar-refractivity contribution in [3.8, 4) is 0 Å². The second-order valence-electron chi connectivity index (χ2n) is 6.14. The third-order valence-corrected chi connectivity index (χ3v) is 3.25. The molecule has 1 aromatic rings. The molecule has 33 heavy (non-hydrogen) atoms. The van der Waals surface area contributed by atoms with E-state index in [2.05, 4.69) is 27.0 Å². The van der Waals surface area contributed by atoms with Crippen LogP contribution in [0.25, 0.3) is 0 Å². The van der Waals surface area contributed by atoms with Gasteiger partial charge in [0.05, 0.1) is 12.8 Å². The minimum Gasteiger partial charge on any atom is -0.478 e. The lowest BCUT2D eigenvalue weighted by molar-refractivity contribution is -0.146. The lowest BCUT2D eigenvalue weighted by atomic mass is 10.1. The maximum atomic E-state index is 11.8. The number of amides is 2. The fourth-order valence-electron chi connectivity index (χ4n) is 2.01. The molecule has 0 saturated carbocycles. The van der Waals surface area contributed by atoms with Gasteiger partial charge in [0.15, 0.2) is 0 Å². The number of benzene rings is 1. The Balaban J connectivity index is 0.00000184. The van der Waals surface area contributed by atoms with Crippen LogP contribution >= 0.6 is 0 Å². The van der Waals surface area contributed by atoms with Crippen LogP contribution in [0.5, 0.6) is 0 Å². The average molecular weight is 468 g/mol. The van der Waals surface area contributed by atoms with Crippen molar-refractivity contribution in [1.82, 2.24) is 11.0 Å². The van der Waals surface area contributed by atoms with Gasteiger partial charge in [0.1, 0.15) is 26.4 Å². The third kappa shape index (κ3) is 18.7. The van der Waals surface area contributed by atoms with Crippen molar-refractivity contribution >= 4 is 29.7 Å². The molecule has 1 rings (SSSR count). The van der Waals surface area contributed by atoms with Crippen LogP contribution in [0.2, 0.25) is 0 Å². The fraction of sp³-hybridized carbons (Fsp3) is 0.381. The smallest absolute Gasteiger partial charge is 0.327 e. The molecule has 0 radical (unpaired) electrons. The standard InChI is InChI=1S/C18H24N2O8.C3H4O2/c1-13(21)25-6-8-27-19-17(23)11-15-4-3-5-16(10-15)12-18(24)20-28-9-7-26-14(2)22;1-2-3(4)5/h3-5,10H,6-9,11-12H2,1-2H3,(H,19,23)(H,20,24);2H,1H2,(H,4,5). The van der Waals surface area contributed by atoms with E-state index in [4.69, 9.17) is 14.8 Å². The van der Waals surface area contributed by atoms with Gasteiger partial charge < -0.3 is 14.6 Å². The van der Waals surface area contributed by atoms with Crippen molar-refractivity contribution in [3.05, 3.63) is 48.0 Å². The van der Waals surface area contributed by atoms with Crippen molar-refractivity contribution in [1.29, 1.82) is 0 Å². The molecule has 0 aromatic heterocycles. The van der Waals surface area contributed by atoms with E-state index in [0.29, 0.717) is 11.1 Å². The van der Waals surface area contributed by atoms with E-state index in [0.717, 1.165) is 6.08 Å². The molecule has 12 nitrogen and oxygen atoms in total. The normalized spacial score (nSPS) is 9.52. The Morgan fingerprint density at radius 2 is 1.24 bits per heavy atom. The first-order chi connectivity index (χ1) is 15.6. The van der Waals surface area contributed by atoms with Crippen LogP contribution in [-0.2, 0) is 56.0 Å². The fourth-order valence-corrected chi connectivity index (χ4v) is 2.01. The second-order valence-corrected chi connectivity index (χ2v) is 6.14. The minimum absolute atomic E-state index is 0.0446. The first-order valence-corrected chi connectivity index (χ1v) is 9.65. The summed E-state index contributed by atoms with van der Waals surface area (Å²) in [5, 5.41) is 7.60. The molecule has 0 fully saturated rings. The number of ether oxygens (including phenoxy) is 2. The molecule has 0 bridgehead atoms. The number of nitrogens with one attached hydrogen (secondary N) is 2. The van der Waals surface area contributed by atoms with E-state index in [1.54, 1.807) is 24.3 Å². The monoisotopic (exact) mass is 468 g/mol. The van der Waals surface area contributed by atoms with Gasteiger partial charge in [-0.15, -0.1) is 0 Å². The van der Waals surface area contributed by atoms with Crippen LogP contribution in [0.1, 0.15) is 25.0 Å². The molecule has 0 saturated heterocycles. The van der Waals surface area contributed by atoms with E-state index in [9.17, 15) is 24.0 Å². The van der Waals surface area contributed by atoms with Gasteiger partial charge in [0.25, 0.3) is 0 Å². The molecule has 182 valence electrons. The van der Waals surface area contributed by atoms with Crippen LogP contribution in [0.4, 0.5) is 0 Å². The summed E-state index contributed by atoms with van der Waals surface area (Å²) in [5.41, 5.74) is 5.89. The van der Waals surface area contributed by atoms with E-state index < -0.39 is 17.9 Å². The zero-order valence-corrected chi connectivity index (χ0v) is 18.5. The molecule has 0 aliphatic carbocycles. The van der Waals surface area contributed by atoms with Gasteiger partial charge >= 0.3 is 17.9 Å². The molecule has 0 heterocycles. The van der Waals surface area contributed by atoms with Gasteiger partial charge in [-0.05, 0) is 11.1 Å². The van der Waals surface area contributed by atoms with Gasteiger partial charge in [-0.3, -0.25) is 28.9 Å². The number of hydrogen-bond acceptors (Lipinski definition) is 9. The Morgan fingerprint density at radius 3 is 1.58 bits per heavy atom. The van der Waals surface area contributed by atoms with Gasteiger partial charge in [-0.2, -0.15) is 0 Å². The van der Waals surface area contributed by atoms with Crippen LogP contribution in [0.3, 0.4) is 0 Å². The van der Waals surface area contributed by atoms with Crippen LogP contribution in [-0.4, -0.2) is 61.3 Å². The molecule has 0 unspecified atom stereocenters. The molecule has 0 aliphatic heterocycles. The van der Waals surface area contributed by atoms with Gasteiger partial charge in [-0.1, -0.05) is 30.8 Å². The van der Waals surface area contributed by atoms with Gasteiger partial charge in [-0.25, -0.2) is 15.8 Å². The number of carbonyl (C=O) groups is 5. The quantitative estimate of drug-likeness (QED) is 0.158. The van der Waals surface area contributed by atoms with Gasteiger partial charge in [0.2, 0.25) is 11.8 Å². The summed E-state index contributed by atoms with van der Waals surface area (Å²) in [6, 6.07) is 6.94. The number of hydrogen-bond donors (Lipinski definition) is 3. The molecule has 12 heteroatoms. The van der Waals surface area contributed by atoms with Crippen LogP contribution in [0, 0.1) is 0 Å². The van der Waals surface area contributed by atoms with Crippen molar-refractivity contribution < 1.29 is 48.2 Å². The minimum atomic E-state index is -0.981. The Morgan fingerprint density at radius 1 is 0.848 bits per heavy atom. The zero-order valence-electron chi connectivity index (χ0n) is 18.5. The summed E-state index contributed by atoms with van der Waals surface area (Å²) in [7, 11) is 0. The van der Waals surface area contributed by atoms with E-state index in [1.807, 2.05) is 0 Å². The van der Waals surface area contributed by atoms with E-state index in [-0.39, 0.29) is 51.1 Å². The molecule has 0 spiro atoms. The van der Waals surface area contributed by atoms with Crippen molar-refractivity contribution in [2.45, 2.75) is 26.7 Å². The number of carboxylic acids is 1. The summed E-state index contributed by atoms with van der Waals surface area (Å²) in [6.07, 6.45) is 0.948. The number of rotatable bonds is 13. The first kappa shape index (κ1) is 29.2. The zero-order chi connectivity index (χ0) is 25.1. The first-order valence-electron chi connectivity index (χ1n) is 9.65. The molecule has 1 aromatic carbocycles. The molecule has 3 N–H and O–H groups in total. The number of carbonyl (C=O) groups excluding carboxylic acids is 4. The summed E-state index contributed by atoms with van der Waals surface area (Å²) < 4.78 is 9.32.